The fraction of sp³-hybridized carbons (Fsp3) is 0.600. The van der Waals surface area contributed by atoms with Crippen LogP contribution >= 0.6 is 0 Å². The van der Waals surface area contributed by atoms with E-state index in [1.807, 2.05) is 27.7 Å². The lowest BCUT2D eigenvalue weighted by atomic mass is 9.76. The van der Waals surface area contributed by atoms with Crippen LogP contribution in [0.2, 0.25) is 0 Å². The SMILES string of the molecule is CC.CC.CC(C)(C)C1=CCC(CCc2ccc3cc(C(C)(C)C)ccc3c2)CC1. The quantitative estimate of drug-likeness (QED) is 0.443. The molecule has 0 spiro atoms. The third kappa shape index (κ3) is 7.60. The number of fused-ring (bicyclic) bond motifs is 1. The first-order valence-corrected chi connectivity index (χ1v) is 12.4. The zero-order chi connectivity index (χ0) is 22.9. The van der Waals surface area contributed by atoms with Crippen LogP contribution in [-0.4, -0.2) is 0 Å². The van der Waals surface area contributed by atoms with Gasteiger partial charge in [0.1, 0.15) is 0 Å². The van der Waals surface area contributed by atoms with Crippen molar-refractivity contribution in [3.05, 3.63) is 59.2 Å². The molecule has 0 bridgehead atoms. The molecule has 0 aromatic heterocycles. The van der Waals surface area contributed by atoms with E-state index < -0.39 is 0 Å². The average molecular weight is 409 g/mol. The lowest BCUT2D eigenvalue weighted by Crippen LogP contribution is -2.16. The summed E-state index contributed by atoms with van der Waals surface area (Å²) in [7, 11) is 0. The van der Waals surface area contributed by atoms with Gasteiger partial charge < -0.3 is 0 Å². The molecule has 0 heteroatoms. The van der Waals surface area contributed by atoms with Gasteiger partial charge in [0.15, 0.2) is 0 Å². The molecule has 30 heavy (non-hydrogen) atoms. The summed E-state index contributed by atoms with van der Waals surface area (Å²) in [6.07, 6.45) is 8.99. The molecule has 0 saturated carbocycles. The minimum absolute atomic E-state index is 0.216. The molecular weight excluding hydrogens is 360 g/mol. The molecule has 1 unspecified atom stereocenters. The molecule has 0 saturated heterocycles. The van der Waals surface area contributed by atoms with E-state index in [0.29, 0.717) is 5.41 Å². The van der Waals surface area contributed by atoms with Gasteiger partial charge in [-0.05, 0) is 70.8 Å². The highest BCUT2D eigenvalue weighted by Gasteiger charge is 2.22. The Morgan fingerprint density at radius 1 is 0.767 bits per heavy atom. The number of allylic oxidation sites excluding steroid dienone is 2. The molecule has 2 aromatic rings. The third-order valence-corrected chi connectivity index (χ3v) is 6.09. The second-order valence-electron chi connectivity index (χ2n) is 10.3. The first-order chi connectivity index (χ1) is 14.1. The van der Waals surface area contributed by atoms with Crippen LogP contribution < -0.4 is 0 Å². The first-order valence-electron chi connectivity index (χ1n) is 12.4. The van der Waals surface area contributed by atoms with Gasteiger partial charge in [-0.25, -0.2) is 0 Å². The van der Waals surface area contributed by atoms with Crippen LogP contribution in [0.5, 0.6) is 0 Å². The summed E-state index contributed by atoms with van der Waals surface area (Å²) in [5.74, 6) is 0.861. The Hall–Kier alpha value is -1.56. The fourth-order valence-corrected chi connectivity index (χ4v) is 4.12. The summed E-state index contributed by atoms with van der Waals surface area (Å²) in [5.41, 5.74) is 5.14. The van der Waals surface area contributed by atoms with Gasteiger partial charge in [-0.2, -0.15) is 0 Å². The summed E-state index contributed by atoms with van der Waals surface area (Å²) >= 11 is 0. The second-order valence-corrected chi connectivity index (χ2v) is 10.3. The van der Waals surface area contributed by atoms with Crippen molar-refractivity contribution in [2.45, 2.75) is 107 Å². The Bertz CT molecular complexity index is 793. The molecule has 0 radical (unpaired) electrons. The number of hydrogen-bond acceptors (Lipinski definition) is 0. The summed E-state index contributed by atoms with van der Waals surface area (Å²) in [5, 5.41) is 2.76. The van der Waals surface area contributed by atoms with Crippen LogP contribution in [-0.2, 0) is 11.8 Å². The molecule has 0 amide bonds. The Labute approximate surface area is 188 Å². The molecular formula is C30H48. The van der Waals surface area contributed by atoms with Crippen LogP contribution in [0.1, 0.15) is 106 Å². The Kier molecular flexibility index (Phi) is 10.4. The van der Waals surface area contributed by atoms with Gasteiger partial charge in [0.25, 0.3) is 0 Å². The Balaban J connectivity index is 0.00000106. The zero-order valence-corrected chi connectivity index (χ0v) is 21.7. The lowest BCUT2D eigenvalue weighted by Gasteiger charge is -2.29. The maximum absolute atomic E-state index is 2.53. The van der Waals surface area contributed by atoms with Gasteiger partial charge >= 0.3 is 0 Å². The van der Waals surface area contributed by atoms with Gasteiger partial charge in [0.05, 0.1) is 0 Å². The molecule has 2 aromatic carbocycles. The minimum atomic E-state index is 0.216. The highest BCUT2D eigenvalue weighted by molar-refractivity contribution is 5.84. The summed E-state index contributed by atoms with van der Waals surface area (Å²) in [4.78, 5) is 0. The maximum Gasteiger partial charge on any atom is -0.0132 e. The van der Waals surface area contributed by atoms with Gasteiger partial charge in [0.2, 0.25) is 0 Å². The normalized spacial score (nSPS) is 16.7. The highest BCUT2D eigenvalue weighted by Crippen LogP contribution is 2.36. The van der Waals surface area contributed by atoms with E-state index in [-0.39, 0.29) is 5.41 Å². The standard InChI is InChI=1S/C26H36.2C2H6/c1-25(2,3)23-14-10-19(11-15-23)7-8-20-9-12-22-18-24(26(4,5)6)16-13-21(22)17-20;2*1-2/h9,12-14,16-19H,7-8,10-11,15H2,1-6H3;2*1-2H3. The largest absolute Gasteiger partial charge is 0.0845 e. The molecule has 0 fully saturated rings. The second kappa shape index (κ2) is 11.7. The summed E-state index contributed by atoms with van der Waals surface area (Å²) < 4.78 is 0. The van der Waals surface area contributed by atoms with E-state index in [4.69, 9.17) is 0 Å². The summed E-state index contributed by atoms with van der Waals surface area (Å²) in [6.45, 7) is 21.9. The summed E-state index contributed by atoms with van der Waals surface area (Å²) in [6, 6.07) is 14.0. The minimum Gasteiger partial charge on any atom is -0.0845 e. The molecule has 1 aliphatic rings. The van der Waals surface area contributed by atoms with Crippen molar-refractivity contribution in [1.82, 2.24) is 0 Å². The van der Waals surface area contributed by atoms with E-state index in [9.17, 15) is 0 Å². The molecule has 0 aliphatic heterocycles. The predicted molar refractivity (Wildman–Crippen MR) is 139 cm³/mol. The van der Waals surface area contributed by atoms with E-state index in [0.717, 1.165) is 5.92 Å². The van der Waals surface area contributed by atoms with E-state index in [1.54, 1.807) is 5.57 Å². The van der Waals surface area contributed by atoms with Gasteiger partial charge in [-0.1, -0.05) is 117 Å². The van der Waals surface area contributed by atoms with Crippen LogP contribution in [0.25, 0.3) is 10.8 Å². The van der Waals surface area contributed by atoms with Crippen molar-refractivity contribution in [3.8, 4) is 0 Å². The van der Waals surface area contributed by atoms with Crippen molar-refractivity contribution in [1.29, 1.82) is 0 Å². The molecule has 1 aliphatic carbocycles. The molecule has 1 atom stereocenters. The first kappa shape index (κ1) is 26.5. The number of rotatable bonds is 3. The number of hydrogen-bond donors (Lipinski definition) is 0. The molecule has 0 N–H and O–H groups in total. The zero-order valence-electron chi connectivity index (χ0n) is 21.7. The van der Waals surface area contributed by atoms with Crippen molar-refractivity contribution in [2.75, 3.05) is 0 Å². The third-order valence-electron chi connectivity index (χ3n) is 6.09. The Morgan fingerprint density at radius 3 is 1.90 bits per heavy atom. The van der Waals surface area contributed by atoms with Gasteiger partial charge in [-0.15, -0.1) is 0 Å². The number of aryl methyl sites for hydroxylation is 1. The monoisotopic (exact) mass is 408 g/mol. The van der Waals surface area contributed by atoms with E-state index >= 15 is 0 Å². The highest BCUT2D eigenvalue weighted by atomic mass is 14.3. The van der Waals surface area contributed by atoms with E-state index in [2.05, 4.69) is 84.0 Å². The van der Waals surface area contributed by atoms with Crippen molar-refractivity contribution >= 4 is 10.8 Å². The van der Waals surface area contributed by atoms with Crippen LogP contribution in [0.3, 0.4) is 0 Å². The van der Waals surface area contributed by atoms with Gasteiger partial charge in [-0.3, -0.25) is 0 Å². The Morgan fingerprint density at radius 2 is 1.37 bits per heavy atom. The predicted octanol–water partition coefficient (Wildman–Crippen LogP) is 9.89. The average Bonchev–Trinajstić information content (AvgIpc) is 2.73. The van der Waals surface area contributed by atoms with Crippen molar-refractivity contribution in [3.63, 3.8) is 0 Å². The fourth-order valence-electron chi connectivity index (χ4n) is 4.12. The van der Waals surface area contributed by atoms with Crippen LogP contribution in [0.4, 0.5) is 0 Å². The number of benzene rings is 2. The van der Waals surface area contributed by atoms with Crippen molar-refractivity contribution in [2.24, 2.45) is 11.3 Å². The van der Waals surface area contributed by atoms with Crippen LogP contribution in [0, 0.1) is 11.3 Å². The smallest absolute Gasteiger partial charge is 0.0132 e. The maximum atomic E-state index is 2.53. The van der Waals surface area contributed by atoms with Gasteiger partial charge in [0, 0.05) is 0 Å². The van der Waals surface area contributed by atoms with Crippen LogP contribution in [0.15, 0.2) is 48.0 Å². The van der Waals surface area contributed by atoms with E-state index in [1.165, 1.54) is 54.0 Å². The molecule has 0 nitrogen and oxygen atoms in total. The van der Waals surface area contributed by atoms with Crippen molar-refractivity contribution < 1.29 is 0 Å². The lowest BCUT2D eigenvalue weighted by molar-refractivity contribution is 0.388. The molecule has 3 rings (SSSR count). The molecule has 168 valence electrons. The molecule has 0 heterocycles. The topological polar surface area (TPSA) is 0 Å².